The number of ether oxygens (including phenoxy) is 2. The first-order chi connectivity index (χ1) is 15.5. The largest absolute Gasteiger partial charge is 0.492 e. The highest BCUT2D eigenvalue weighted by molar-refractivity contribution is 5.79. The number of aliphatic imine (C=N–C) groups is 1. The molecule has 2 N–H and O–H groups in total. The van der Waals surface area contributed by atoms with Crippen molar-refractivity contribution < 1.29 is 13.9 Å². The molecule has 0 aromatic heterocycles. The molecule has 2 aromatic carbocycles. The molecule has 6 nitrogen and oxygen atoms in total. The lowest BCUT2D eigenvalue weighted by atomic mass is 10.1. The maximum atomic E-state index is 13.7. The fourth-order valence-electron chi connectivity index (χ4n) is 3.70. The Kier molecular flexibility index (Phi) is 9.31. The van der Waals surface area contributed by atoms with E-state index in [9.17, 15) is 4.39 Å². The van der Waals surface area contributed by atoms with Gasteiger partial charge in [-0.25, -0.2) is 4.39 Å². The first kappa shape index (κ1) is 24.0. The van der Waals surface area contributed by atoms with Crippen molar-refractivity contribution >= 4 is 5.96 Å². The van der Waals surface area contributed by atoms with Crippen LogP contribution in [-0.4, -0.2) is 57.4 Å². The molecule has 0 saturated carbocycles. The quantitative estimate of drug-likeness (QED) is 0.460. The van der Waals surface area contributed by atoms with Gasteiger partial charge in [0, 0.05) is 45.9 Å². The molecule has 0 radical (unpaired) electrons. The number of benzene rings is 2. The van der Waals surface area contributed by atoms with E-state index < -0.39 is 0 Å². The van der Waals surface area contributed by atoms with Crippen LogP contribution >= 0.6 is 0 Å². The van der Waals surface area contributed by atoms with Crippen molar-refractivity contribution in [3.63, 3.8) is 0 Å². The molecule has 174 valence electrons. The van der Waals surface area contributed by atoms with Gasteiger partial charge in [-0.2, -0.15) is 0 Å². The number of hydrogen-bond acceptors (Lipinski definition) is 4. The Labute approximate surface area is 190 Å². The van der Waals surface area contributed by atoms with E-state index in [0.717, 1.165) is 49.5 Å². The summed E-state index contributed by atoms with van der Waals surface area (Å²) in [5, 5.41) is 6.52. The van der Waals surface area contributed by atoms with Crippen LogP contribution in [0.25, 0.3) is 0 Å². The van der Waals surface area contributed by atoms with Crippen LogP contribution in [0.1, 0.15) is 29.5 Å². The highest BCUT2D eigenvalue weighted by Crippen LogP contribution is 2.15. The smallest absolute Gasteiger partial charge is 0.191 e. The second-order valence-corrected chi connectivity index (χ2v) is 8.18. The van der Waals surface area contributed by atoms with Gasteiger partial charge in [-0.3, -0.25) is 9.89 Å². The van der Waals surface area contributed by atoms with E-state index in [1.165, 1.54) is 0 Å². The van der Waals surface area contributed by atoms with Crippen molar-refractivity contribution in [3.8, 4) is 5.75 Å². The average Bonchev–Trinajstić information content (AvgIpc) is 2.82. The molecule has 0 atom stereocenters. The Bertz CT molecular complexity index is 884. The van der Waals surface area contributed by atoms with Gasteiger partial charge in [0.25, 0.3) is 0 Å². The zero-order valence-corrected chi connectivity index (χ0v) is 19.4. The number of hydrogen-bond donors (Lipinski definition) is 2. The molecule has 0 amide bonds. The minimum Gasteiger partial charge on any atom is -0.492 e. The fraction of sp³-hybridized carbons (Fsp3) is 0.480. The lowest BCUT2D eigenvalue weighted by Gasteiger charge is -2.31. The molecule has 0 unspecified atom stereocenters. The number of nitrogens with zero attached hydrogens (tertiary/aromatic N) is 2. The molecule has 1 aliphatic heterocycles. The molecule has 0 bridgehead atoms. The number of guanidine groups is 1. The second kappa shape index (κ2) is 12.4. The van der Waals surface area contributed by atoms with Gasteiger partial charge in [-0.1, -0.05) is 24.3 Å². The molecule has 3 rings (SSSR count). The van der Waals surface area contributed by atoms with E-state index in [1.54, 1.807) is 26.1 Å². The average molecular weight is 443 g/mol. The number of aryl methyl sites for hydroxylation is 1. The number of nitrogens with one attached hydrogen (secondary N) is 2. The molecule has 1 heterocycles. The van der Waals surface area contributed by atoms with Gasteiger partial charge in [0.2, 0.25) is 0 Å². The van der Waals surface area contributed by atoms with Crippen molar-refractivity contribution in [2.45, 2.75) is 38.9 Å². The second-order valence-electron chi connectivity index (χ2n) is 8.18. The topological polar surface area (TPSA) is 58.1 Å². The van der Waals surface area contributed by atoms with Gasteiger partial charge in [0.1, 0.15) is 18.2 Å². The van der Waals surface area contributed by atoms with E-state index in [-0.39, 0.29) is 5.82 Å². The highest BCUT2D eigenvalue weighted by atomic mass is 19.1. The molecular weight excluding hydrogens is 407 g/mol. The van der Waals surface area contributed by atoms with Crippen LogP contribution < -0.4 is 15.4 Å². The predicted octanol–water partition coefficient (Wildman–Crippen LogP) is 3.49. The number of likely N-dealkylation sites (N-methyl/N-ethyl adjacent to an activating group) is 1. The first-order valence-corrected chi connectivity index (χ1v) is 11.2. The molecule has 2 aromatic rings. The van der Waals surface area contributed by atoms with E-state index >= 15 is 0 Å². The zero-order valence-electron chi connectivity index (χ0n) is 19.4. The van der Waals surface area contributed by atoms with Crippen LogP contribution in [0.4, 0.5) is 4.39 Å². The van der Waals surface area contributed by atoms with Gasteiger partial charge in [0.15, 0.2) is 5.96 Å². The van der Waals surface area contributed by atoms with Crippen molar-refractivity contribution in [3.05, 3.63) is 65.0 Å². The van der Waals surface area contributed by atoms with Crippen molar-refractivity contribution in [2.24, 2.45) is 4.99 Å². The predicted molar refractivity (Wildman–Crippen MR) is 127 cm³/mol. The lowest BCUT2D eigenvalue weighted by Crippen LogP contribution is -2.38. The molecule has 0 spiro atoms. The molecule has 32 heavy (non-hydrogen) atoms. The van der Waals surface area contributed by atoms with E-state index in [2.05, 4.69) is 33.6 Å². The molecule has 0 aliphatic carbocycles. The summed E-state index contributed by atoms with van der Waals surface area (Å²) in [7, 11) is 3.88. The molecule has 1 saturated heterocycles. The van der Waals surface area contributed by atoms with Crippen molar-refractivity contribution in [1.29, 1.82) is 0 Å². The van der Waals surface area contributed by atoms with Gasteiger partial charge < -0.3 is 20.1 Å². The monoisotopic (exact) mass is 442 g/mol. The summed E-state index contributed by atoms with van der Waals surface area (Å²) in [6.45, 7) is 6.12. The summed E-state index contributed by atoms with van der Waals surface area (Å²) >= 11 is 0. The molecule has 7 heteroatoms. The van der Waals surface area contributed by atoms with Crippen LogP contribution in [-0.2, 0) is 17.8 Å². The molecule has 1 fully saturated rings. The van der Waals surface area contributed by atoms with Gasteiger partial charge in [0.05, 0.1) is 0 Å². The number of halogens is 1. The van der Waals surface area contributed by atoms with Gasteiger partial charge in [-0.15, -0.1) is 0 Å². The Hall–Kier alpha value is -2.64. The van der Waals surface area contributed by atoms with Gasteiger partial charge >= 0.3 is 0 Å². The Morgan fingerprint density at radius 3 is 2.53 bits per heavy atom. The zero-order chi connectivity index (χ0) is 22.8. The van der Waals surface area contributed by atoms with Crippen molar-refractivity contribution in [2.75, 3.05) is 40.5 Å². The maximum absolute atomic E-state index is 13.7. The van der Waals surface area contributed by atoms with Crippen LogP contribution in [0.2, 0.25) is 0 Å². The summed E-state index contributed by atoms with van der Waals surface area (Å²) in [5.74, 6) is 1.33. The third-order valence-corrected chi connectivity index (χ3v) is 5.81. The van der Waals surface area contributed by atoms with Gasteiger partial charge in [-0.05, 0) is 61.7 Å². The van der Waals surface area contributed by atoms with Crippen LogP contribution in [0, 0.1) is 12.7 Å². The summed E-state index contributed by atoms with van der Waals surface area (Å²) in [5.41, 5.74) is 2.62. The normalized spacial score (nSPS) is 15.1. The third kappa shape index (κ3) is 7.50. The van der Waals surface area contributed by atoms with E-state index in [1.807, 2.05) is 24.3 Å². The minimum absolute atomic E-state index is 0.192. The lowest BCUT2D eigenvalue weighted by molar-refractivity contribution is 0.0392. The first-order valence-electron chi connectivity index (χ1n) is 11.2. The maximum Gasteiger partial charge on any atom is 0.191 e. The van der Waals surface area contributed by atoms with Crippen LogP contribution in [0.3, 0.4) is 0 Å². The summed E-state index contributed by atoms with van der Waals surface area (Å²) in [6, 6.07) is 13.9. The van der Waals surface area contributed by atoms with Crippen LogP contribution in [0.5, 0.6) is 5.75 Å². The van der Waals surface area contributed by atoms with E-state index in [4.69, 9.17) is 9.47 Å². The summed E-state index contributed by atoms with van der Waals surface area (Å²) in [6.07, 6.45) is 2.18. The standard InChI is InChI=1S/C25H35FN4O2/c1-19-7-8-21(16-24(19)26)18-29-25(27-2)28-17-20-5-4-6-23(15-20)32-14-11-30(3)22-9-12-31-13-10-22/h4-8,15-16,22H,9-14,17-18H2,1-3H3,(H2,27,28,29). The SMILES string of the molecule is CN=C(NCc1cccc(OCCN(C)C2CCOCC2)c1)NCc1ccc(C)c(F)c1. The van der Waals surface area contributed by atoms with Crippen molar-refractivity contribution in [1.82, 2.24) is 15.5 Å². The third-order valence-electron chi connectivity index (χ3n) is 5.81. The minimum atomic E-state index is -0.192. The summed E-state index contributed by atoms with van der Waals surface area (Å²) < 4.78 is 25.2. The van der Waals surface area contributed by atoms with E-state index in [0.29, 0.717) is 37.3 Å². The Morgan fingerprint density at radius 1 is 1.12 bits per heavy atom. The van der Waals surface area contributed by atoms with Crippen LogP contribution in [0.15, 0.2) is 47.5 Å². The number of rotatable bonds is 9. The molecular formula is C25H35FN4O2. The molecule has 1 aliphatic rings. The Morgan fingerprint density at radius 2 is 1.84 bits per heavy atom. The highest BCUT2D eigenvalue weighted by Gasteiger charge is 2.18. The fourth-order valence-corrected chi connectivity index (χ4v) is 3.70. The Balaban J connectivity index is 1.42. The summed E-state index contributed by atoms with van der Waals surface area (Å²) in [4.78, 5) is 6.61.